The zero-order chi connectivity index (χ0) is 13.7. The maximum absolute atomic E-state index is 13.8. The summed E-state index contributed by atoms with van der Waals surface area (Å²) in [6, 6.07) is 7.77. The Bertz CT molecular complexity index is 529. The molecule has 0 saturated heterocycles. The molecular weight excluding hydrogens is 246 g/mol. The number of likely N-dealkylation sites (N-methyl/N-ethyl adjacent to an activating group) is 1. The van der Waals surface area contributed by atoms with Crippen molar-refractivity contribution in [1.82, 2.24) is 10.3 Å². The summed E-state index contributed by atoms with van der Waals surface area (Å²) in [5, 5.41) is 3.18. The van der Waals surface area contributed by atoms with Crippen molar-refractivity contribution in [2.45, 2.75) is 19.4 Å². The lowest BCUT2D eigenvalue weighted by Gasteiger charge is -2.19. The van der Waals surface area contributed by atoms with Crippen molar-refractivity contribution in [1.29, 1.82) is 0 Å². The van der Waals surface area contributed by atoms with Crippen LogP contribution in [0.25, 0.3) is 0 Å². The number of hydrogen-bond donors (Lipinski definition) is 1. The third kappa shape index (κ3) is 3.35. The number of benzene rings is 1. The Morgan fingerprint density at radius 1 is 1.21 bits per heavy atom. The minimum absolute atomic E-state index is 0.259. The van der Waals surface area contributed by atoms with E-state index in [1.165, 1.54) is 6.07 Å². The Morgan fingerprint density at radius 3 is 2.74 bits per heavy atom. The predicted octanol–water partition coefficient (Wildman–Crippen LogP) is 3.25. The monoisotopic (exact) mass is 262 g/mol. The van der Waals surface area contributed by atoms with Gasteiger partial charge >= 0.3 is 0 Å². The van der Waals surface area contributed by atoms with Crippen LogP contribution in [0.5, 0.6) is 0 Å². The van der Waals surface area contributed by atoms with Gasteiger partial charge in [-0.15, -0.1) is 0 Å². The number of pyridine rings is 1. The first-order valence-electron chi connectivity index (χ1n) is 6.28. The van der Waals surface area contributed by atoms with Gasteiger partial charge in [0.05, 0.1) is 0 Å². The second-order valence-electron chi connectivity index (χ2n) is 4.32. The smallest absolute Gasteiger partial charge is 0.163 e. The van der Waals surface area contributed by atoms with Crippen LogP contribution in [0.2, 0.25) is 0 Å². The highest BCUT2D eigenvalue weighted by atomic mass is 19.2. The summed E-state index contributed by atoms with van der Waals surface area (Å²) in [6.07, 6.45) is 4.00. The molecule has 1 aromatic carbocycles. The second-order valence-corrected chi connectivity index (χ2v) is 4.32. The Labute approximate surface area is 111 Å². The summed E-state index contributed by atoms with van der Waals surface area (Å²) in [5.41, 5.74) is 1.34. The number of nitrogens with zero attached hydrogens (tertiary/aromatic N) is 1. The summed E-state index contributed by atoms with van der Waals surface area (Å²) in [4.78, 5) is 4.04. The molecule has 0 spiro atoms. The lowest BCUT2D eigenvalue weighted by Crippen LogP contribution is -2.24. The molecule has 4 heteroatoms. The molecule has 2 aromatic rings. The third-order valence-corrected chi connectivity index (χ3v) is 2.97. The van der Waals surface area contributed by atoms with Crippen LogP contribution in [0, 0.1) is 11.6 Å². The number of halogens is 2. The zero-order valence-corrected chi connectivity index (χ0v) is 10.7. The van der Waals surface area contributed by atoms with Crippen molar-refractivity contribution in [3.8, 4) is 0 Å². The SMILES string of the molecule is CCNC(Cc1cccnc1)c1cccc(F)c1F. The van der Waals surface area contributed by atoms with E-state index in [2.05, 4.69) is 10.3 Å². The largest absolute Gasteiger partial charge is 0.310 e. The van der Waals surface area contributed by atoms with Gasteiger partial charge in [0.15, 0.2) is 11.6 Å². The first-order chi connectivity index (χ1) is 9.22. The molecule has 1 N–H and O–H groups in total. The molecule has 1 heterocycles. The van der Waals surface area contributed by atoms with Gasteiger partial charge < -0.3 is 5.32 Å². The number of rotatable bonds is 5. The van der Waals surface area contributed by atoms with Crippen molar-refractivity contribution in [3.05, 3.63) is 65.5 Å². The second kappa shape index (κ2) is 6.38. The minimum Gasteiger partial charge on any atom is -0.310 e. The first kappa shape index (κ1) is 13.6. The maximum Gasteiger partial charge on any atom is 0.163 e. The average molecular weight is 262 g/mol. The van der Waals surface area contributed by atoms with Crippen LogP contribution in [0.1, 0.15) is 24.1 Å². The van der Waals surface area contributed by atoms with Crippen molar-refractivity contribution in [2.75, 3.05) is 6.54 Å². The lowest BCUT2D eigenvalue weighted by atomic mass is 9.99. The highest BCUT2D eigenvalue weighted by Crippen LogP contribution is 2.22. The summed E-state index contributed by atoms with van der Waals surface area (Å²) < 4.78 is 27.2. The fraction of sp³-hybridized carbons (Fsp3) is 0.267. The predicted molar refractivity (Wildman–Crippen MR) is 70.7 cm³/mol. The van der Waals surface area contributed by atoms with E-state index in [1.54, 1.807) is 18.5 Å². The molecule has 0 bridgehead atoms. The Kier molecular flexibility index (Phi) is 4.58. The molecule has 0 saturated carbocycles. The van der Waals surface area contributed by atoms with Crippen molar-refractivity contribution in [2.24, 2.45) is 0 Å². The van der Waals surface area contributed by atoms with Gasteiger partial charge in [0, 0.05) is 24.0 Å². The third-order valence-electron chi connectivity index (χ3n) is 2.97. The van der Waals surface area contributed by atoms with Crippen LogP contribution in [0.4, 0.5) is 8.78 Å². The standard InChI is InChI=1S/C15H16F2N2/c1-2-19-14(9-11-5-4-8-18-10-11)12-6-3-7-13(16)15(12)17/h3-8,10,14,19H,2,9H2,1H3. The molecule has 0 aliphatic carbocycles. The Morgan fingerprint density at radius 2 is 2.05 bits per heavy atom. The molecule has 0 radical (unpaired) electrons. The molecular formula is C15H16F2N2. The minimum atomic E-state index is -0.813. The molecule has 19 heavy (non-hydrogen) atoms. The van der Waals surface area contributed by atoms with Gasteiger partial charge in [-0.3, -0.25) is 4.98 Å². The molecule has 2 nitrogen and oxygen atoms in total. The normalized spacial score (nSPS) is 12.4. The molecule has 1 aromatic heterocycles. The zero-order valence-electron chi connectivity index (χ0n) is 10.7. The Balaban J connectivity index is 2.27. The van der Waals surface area contributed by atoms with Crippen molar-refractivity contribution >= 4 is 0 Å². The van der Waals surface area contributed by atoms with E-state index < -0.39 is 11.6 Å². The van der Waals surface area contributed by atoms with E-state index in [1.807, 2.05) is 19.1 Å². The summed E-state index contributed by atoms with van der Waals surface area (Å²) in [7, 11) is 0. The van der Waals surface area contributed by atoms with E-state index in [0.717, 1.165) is 11.6 Å². The number of nitrogens with one attached hydrogen (secondary N) is 1. The highest BCUT2D eigenvalue weighted by Gasteiger charge is 2.17. The molecule has 100 valence electrons. The molecule has 0 amide bonds. The average Bonchev–Trinajstić information content (AvgIpc) is 2.43. The van der Waals surface area contributed by atoms with Crippen LogP contribution in [-0.4, -0.2) is 11.5 Å². The van der Waals surface area contributed by atoms with Crippen LogP contribution < -0.4 is 5.32 Å². The molecule has 0 aliphatic heterocycles. The molecule has 0 aliphatic rings. The van der Waals surface area contributed by atoms with Crippen molar-refractivity contribution < 1.29 is 8.78 Å². The van der Waals surface area contributed by atoms with Crippen LogP contribution >= 0.6 is 0 Å². The van der Waals surface area contributed by atoms with Gasteiger partial charge in [-0.2, -0.15) is 0 Å². The topological polar surface area (TPSA) is 24.9 Å². The van der Waals surface area contributed by atoms with Gasteiger partial charge in [-0.25, -0.2) is 8.78 Å². The number of aromatic nitrogens is 1. The summed E-state index contributed by atoms with van der Waals surface area (Å²) in [6.45, 7) is 2.62. The lowest BCUT2D eigenvalue weighted by molar-refractivity contribution is 0.464. The van der Waals surface area contributed by atoms with E-state index in [0.29, 0.717) is 18.5 Å². The fourth-order valence-corrected chi connectivity index (χ4v) is 2.08. The Hall–Kier alpha value is -1.81. The number of hydrogen-bond acceptors (Lipinski definition) is 2. The quantitative estimate of drug-likeness (QED) is 0.894. The fourth-order valence-electron chi connectivity index (χ4n) is 2.08. The first-order valence-corrected chi connectivity index (χ1v) is 6.28. The molecule has 2 rings (SSSR count). The van der Waals surface area contributed by atoms with Crippen LogP contribution in [0.15, 0.2) is 42.7 Å². The molecule has 0 fully saturated rings. The highest BCUT2D eigenvalue weighted by molar-refractivity contribution is 5.25. The molecule has 1 atom stereocenters. The van der Waals surface area contributed by atoms with E-state index in [9.17, 15) is 8.78 Å². The van der Waals surface area contributed by atoms with E-state index in [4.69, 9.17) is 0 Å². The van der Waals surface area contributed by atoms with Crippen LogP contribution in [0.3, 0.4) is 0 Å². The van der Waals surface area contributed by atoms with Gasteiger partial charge in [0.25, 0.3) is 0 Å². The van der Waals surface area contributed by atoms with Gasteiger partial charge in [-0.1, -0.05) is 25.1 Å². The van der Waals surface area contributed by atoms with Crippen LogP contribution in [-0.2, 0) is 6.42 Å². The van der Waals surface area contributed by atoms with E-state index >= 15 is 0 Å². The maximum atomic E-state index is 13.8. The van der Waals surface area contributed by atoms with Gasteiger partial charge in [0.1, 0.15) is 0 Å². The summed E-state index contributed by atoms with van der Waals surface area (Å²) >= 11 is 0. The van der Waals surface area contributed by atoms with Gasteiger partial charge in [0.2, 0.25) is 0 Å². The van der Waals surface area contributed by atoms with E-state index in [-0.39, 0.29) is 6.04 Å². The summed E-state index contributed by atoms with van der Waals surface area (Å²) in [5.74, 6) is -1.59. The molecule has 1 unspecified atom stereocenters. The van der Waals surface area contributed by atoms with Gasteiger partial charge in [-0.05, 0) is 30.7 Å². The van der Waals surface area contributed by atoms with Crippen molar-refractivity contribution in [3.63, 3.8) is 0 Å².